The molecule has 28 heteroatoms. The molecule has 0 bridgehead atoms. The third kappa shape index (κ3) is 15.6. The first kappa shape index (κ1) is 65.0. The number of carbonyl (C=O) groups excluding carboxylic acids is 4. The smallest absolute Gasteiger partial charge is 0.338 e. The van der Waals surface area contributed by atoms with Crippen LogP contribution in [-0.4, -0.2) is 182 Å². The number of carboxylic acids is 2. The van der Waals surface area contributed by atoms with Crippen molar-refractivity contribution in [3.05, 3.63) is 132 Å². The number of allylic oxidation sites excluding steroid dienone is 1. The molecule has 4 fully saturated rings. The van der Waals surface area contributed by atoms with Gasteiger partial charge in [0.2, 0.25) is 0 Å². The van der Waals surface area contributed by atoms with Gasteiger partial charge >= 0.3 is 35.9 Å². The predicted octanol–water partition coefficient (Wildman–Crippen LogP) is 8.96. The van der Waals surface area contributed by atoms with Crippen LogP contribution in [0.4, 0.5) is 18.4 Å². The first-order valence-electron chi connectivity index (χ1n) is 27.0. The number of fused-ring (bicyclic) bond motifs is 2. The second-order valence-corrected chi connectivity index (χ2v) is 22.8. The molecule has 452 valence electrons. The number of carboxylic acid groups (broad SMARTS) is 2. The molecule has 10 rings (SSSR count). The van der Waals surface area contributed by atoms with Crippen molar-refractivity contribution in [1.29, 1.82) is 0 Å². The summed E-state index contributed by atoms with van der Waals surface area (Å²) in [5, 5.41) is 29.0. The Hall–Kier alpha value is -6.58. The van der Waals surface area contributed by atoms with Crippen LogP contribution in [0.5, 0.6) is 0 Å². The molecule has 4 aromatic rings. The van der Waals surface area contributed by atoms with Crippen molar-refractivity contribution in [3.63, 3.8) is 0 Å². The number of hydrogen-bond donors (Lipinski definition) is 4. The minimum atomic E-state index is -0.925. The number of rotatable bonds is 19. The average Bonchev–Trinajstić information content (AvgIpc) is 2.83. The van der Waals surface area contributed by atoms with E-state index >= 15 is 0 Å². The van der Waals surface area contributed by atoms with Crippen LogP contribution in [-0.2, 0) is 28.7 Å². The molecular formula is C56H65BrCl2F2N11O10S2-. The number of esters is 2. The normalized spacial score (nSPS) is 20.2. The van der Waals surface area contributed by atoms with E-state index in [4.69, 9.17) is 47.9 Å². The van der Waals surface area contributed by atoms with E-state index < -0.39 is 47.6 Å². The minimum absolute atomic E-state index is 0. The van der Waals surface area contributed by atoms with Crippen molar-refractivity contribution >= 4 is 109 Å². The maximum Gasteiger partial charge on any atom is 0.338 e. The van der Waals surface area contributed by atoms with Gasteiger partial charge in [-0.05, 0) is 58.1 Å². The van der Waals surface area contributed by atoms with E-state index in [1.54, 1.807) is 48.2 Å². The molecular weight excluding hydrogens is 1240 g/mol. The fourth-order valence-corrected chi connectivity index (χ4v) is 12.6. The highest BCUT2D eigenvalue weighted by atomic mass is 79.9. The van der Waals surface area contributed by atoms with Gasteiger partial charge < -0.3 is 57.3 Å². The number of hydrogen-bond acceptors (Lipinski definition) is 17. The molecule has 2 aromatic heterocycles. The van der Waals surface area contributed by atoms with Crippen LogP contribution in [0.15, 0.2) is 92.1 Å². The van der Waals surface area contributed by atoms with Crippen LogP contribution in [0.2, 0.25) is 10.0 Å². The minimum Gasteiger partial charge on any atom is -0.481 e. The zero-order valence-corrected chi connectivity index (χ0v) is 51.1. The van der Waals surface area contributed by atoms with E-state index in [0.717, 1.165) is 25.9 Å². The number of aliphatic imine (C=N–C) groups is 2. The fourth-order valence-electron chi connectivity index (χ4n) is 10.5. The number of nitrogens with one attached hydrogen (secondary N) is 2. The van der Waals surface area contributed by atoms with Gasteiger partial charge in [-0.1, -0.05) is 63.4 Å². The number of halogens is 5. The number of aliphatic carboxylic acids is 2. The van der Waals surface area contributed by atoms with Crippen molar-refractivity contribution in [2.24, 2.45) is 9.98 Å². The molecule has 6 aliphatic rings. The zero-order chi connectivity index (χ0) is 59.3. The lowest BCUT2D eigenvalue weighted by atomic mass is 9.95. The number of thiazole rings is 2. The summed E-state index contributed by atoms with van der Waals surface area (Å²) < 4.78 is 39.2. The number of ether oxygens (including phenoxy) is 2. The second-order valence-electron chi connectivity index (χ2n) is 19.7. The van der Waals surface area contributed by atoms with E-state index in [2.05, 4.69) is 46.4 Å². The number of amides is 4. The van der Waals surface area contributed by atoms with Crippen molar-refractivity contribution < 1.29 is 57.2 Å². The highest BCUT2D eigenvalue weighted by Gasteiger charge is 2.43. The fraction of sp³-hybridized carbons (Fsp3) is 0.446. The number of carbonyl (C=O) groups is 6. The Bertz CT molecular complexity index is 3160. The molecule has 0 unspecified atom stereocenters. The van der Waals surface area contributed by atoms with Gasteiger partial charge in [0.1, 0.15) is 23.7 Å². The molecule has 0 aliphatic carbocycles. The summed E-state index contributed by atoms with van der Waals surface area (Å²) in [6, 6.07) is 7.47. The number of urea groups is 2. The zero-order valence-electron chi connectivity index (χ0n) is 46.4. The molecule has 84 heavy (non-hydrogen) atoms. The molecule has 4 atom stereocenters. The van der Waals surface area contributed by atoms with Crippen LogP contribution in [0.25, 0.3) is 0 Å². The van der Waals surface area contributed by atoms with E-state index in [0.29, 0.717) is 114 Å². The summed E-state index contributed by atoms with van der Waals surface area (Å²) in [5.41, 5.74) is 2.38. The Labute approximate surface area is 511 Å². The Morgan fingerprint density at radius 3 is 1.65 bits per heavy atom. The quantitative estimate of drug-likeness (QED) is 0.0388. The first-order chi connectivity index (χ1) is 40.0. The van der Waals surface area contributed by atoms with E-state index in [9.17, 15) is 37.5 Å². The molecule has 6 aliphatic heterocycles. The number of benzene rings is 2. The van der Waals surface area contributed by atoms with Gasteiger partial charge in [0, 0.05) is 123 Å². The number of nitrogens with zero attached hydrogens (tertiary/aromatic N) is 9. The third-order valence-electron chi connectivity index (χ3n) is 14.3. The van der Waals surface area contributed by atoms with Gasteiger partial charge in [-0.3, -0.25) is 24.5 Å². The summed E-state index contributed by atoms with van der Waals surface area (Å²) in [6.45, 7) is 8.84. The molecule has 8 heterocycles. The average molecular weight is 1310 g/mol. The van der Waals surface area contributed by atoms with Crippen LogP contribution < -0.4 is 10.6 Å². The van der Waals surface area contributed by atoms with Crippen molar-refractivity contribution in [1.82, 2.24) is 45.1 Å². The molecule has 4 N–H and O–H groups in total. The molecule has 0 radical (unpaired) electrons. The van der Waals surface area contributed by atoms with E-state index in [1.165, 1.54) is 53.4 Å². The Morgan fingerprint density at radius 1 is 0.702 bits per heavy atom. The summed E-state index contributed by atoms with van der Waals surface area (Å²) in [4.78, 5) is 99.5. The number of amidine groups is 2. The van der Waals surface area contributed by atoms with Crippen LogP contribution in [0, 0.1) is 19.1 Å². The van der Waals surface area contributed by atoms with Gasteiger partial charge in [-0.25, -0.2) is 37.9 Å². The lowest BCUT2D eigenvalue weighted by Crippen LogP contribution is -2.53. The largest absolute Gasteiger partial charge is 0.481 e. The van der Waals surface area contributed by atoms with Crippen molar-refractivity contribution in [3.8, 4) is 0 Å². The summed E-state index contributed by atoms with van der Waals surface area (Å²) in [7, 11) is 0. The van der Waals surface area contributed by atoms with Gasteiger partial charge in [-0.2, -0.15) is 0 Å². The maximum absolute atomic E-state index is 14.5. The highest BCUT2D eigenvalue weighted by molar-refractivity contribution is 9.09. The second kappa shape index (κ2) is 30.5. The molecule has 0 saturated carbocycles. The van der Waals surface area contributed by atoms with E-state index in [1.807, 2.05) is 20.6 Å². The van der Waals surface area contributed by atoms with Crippen molar-refractivity contribution in [2.45, 2.75) is 83.0 Å². The molecule has 2 aromatic carbocycles. The number of piperazine rings is 1. The number of piperidine rings is 1. The third-order valence-corrected chi connectivity index (χ3v) is 17.2. The molecule has 4 saturated heterocycles. The molecule has 0 spiro atoms. The number of alkyl halides is 1. The Balaban J connectivity index is 0.000000200. The maximum atomic E-state index is 14.5. The Kier molecular flexibility index (Phi) is 23.6. The predicted molar refractivity (Wildman–Crippen MR) is 318 cm³/mol. The van der Waals surface area contributed by atoms with Crippen molar-refractivity contribution in [2.75, 3.05) is 77.4 Å². The Morgan fingerprint density at radius 2 is 1.19 bits per heavy atom. The standard InChI is InChI=1S/C27H30ClFN6O5S.C17H14BrClFN3O2S.C11H18N2O3.CH3/c1-2-40-26(38)21-19(15-33-10-11-35-16(13-33)14-34(27(35)39)9-4-7-20(36)37)31-24(25-30-8-12-41-25)32-23(21)17-5-3-6-18(29)22(17)28;1-2-25-17(24)12-11(8-18)22-15(16-21-6-7-26-16)23-14(12)9-4-3-5-10(20)13(9)19;14-10(15)5-3-6-12-8-9-4-1-2-7-13(9)11(12)16;/h3,5-6,8,12,16,23H,2,4,7,9-11,13-15H2,1H3,(H,31,32)(H,36,37);3-7,14H,2,8H2,1H3,(H,22,23);9H,1-8H2,(H,14,15);1H3/q;;;-1/t16-,23-;14-;9-;/m000./s1. The topological polar surface area (TPSA) is 252 Å². The monoisotopic (exact) mass is 1300 g/mol. The lowest BCUT2D eigenvalue weighted by Gasteiger charge is -2.38. The number of aromatic nitrogens is 2. The van der Waals surface area contributed by atoms with Crippen LogP contribution >= 0.6 is 61.8 Å². The molecule has 21 nitrogen and oxygen atoms in total. The molecule has 4 amide bonds. The van der Waals surface area contributed by atoms with Gasteiger partial charge in [0.05, 0.1) is 46.5 Å². The summed E-state index contributed by atoms with van der Waals surface area (Å²) in [6.07, 6.45) is 7.83. The highest BCUT2D eigenvalue weighted by Crippen LogP contribution is 2.40. The first-order valence-corrected chi connectivity index (χ1v) is 30.7. The lowest BCUT2D eigenvalue weighted by molar-refractivity contribution is -0.139. The van der Waals surface area contributed by atoms with Gasteiger partial charge in [0.25, 0.3) is 0 Å². The van der Waals surface area contributed by atoms with Gasteiger partial charge in [0.15, 0.2) is 21.7 Å². The van der Waals surface area contributed by atoms with Crippen LogP contribution in [0.3, 0.4) is 0 Å². The van der Waals surface area contributed by atoms with Crippen LogP contribution in [0.1, 0.15) is 92.0 Å². The van der Waals surface area contributed by atoms with Gasteiger partial charge in [-0.15, -0.1) is 22.7 Å². The van der Waals surface area contributed by atoms with E-state index in [-0.39, 0.29) is 72.8 Å². The summed E-state index contributed by atoms with van der Waals surface area (Å²) >= 11 is 18.7. The summed E-state index contributed by atoms with van der Waals surface area (Å²) in [5.74, 6) is -3.04. The SMILES string of the molecule is CCOC(=O)C1=C(CBr)NC(c2nccs2)=N[C@H]1c1cccc(F)c1Cl.CCOC(=O)C1=C(CN2CCN3C(=O)N(CCCC(=O)O)C[C@@H]3C2)NC(c2nccs2)=N[C@H]1c1cccc(F)c1Cl.O=C(O)CCCN1C[C@@H]2CCCCN2C1=O.[CH3-].